The average Bonchev–Trinajstić information content (AvgIpc) is 2.56. The summed E-state index contributed by atoms with van der Waals surface area (Å²) in [5, 5.41) is 0. The first-order chi connectivity index (χ1) is 10.7. The van der Waals surface area contributed by atoms with Gasteiger partial charge in [0.25, 0.3) is 5.91 Å². The Morgan fingerprint density at radius 2 is 1.86 bits per heavy atom. The normalized spacial score (nSPS) is 18.2. The van der Waals surface area contributed by atoms with Crippen molar-refractivity contribution < 1.29 is 9.53 Å². The van der Waals surface area contributed by atoms with Gasteiger partial charge in [-0.1, -0.05) is 48.5 Å². The quantitative estimate of drug-likeness (QED) is 0.871. The molecule has 1 aliphatic heterocycles. The van der Waals surface area contributed by atoms with Gasteiger partial charge in [0.05, 0.1) is 12.7 Å². The Morgan fingerprint density at radius 1 is 1.14 bits per heavy atom. The van der Waals surface area contributed by atoms with Gasteiger partial charge >= 0.3 is 0 Å². The third kappa shape index (κ3) is 3.37. The number of morpholine rings is 1. The number of nitrogens with zero attached hydrogens (tertiary/aromatic N) is 1. The Morgan fingerprint density at radius 3 is 2.64 bits per heavy atom. The smallest absolute Gasteiger partial charge is 0.254 e. The molecule has 0 spiro atoms. The molecule has 0 bridgehead atoms. The van der Waals surface area contributed by atoms with E-state index in [2.05, 4.69) is 12.1 Å². The third-order valence-electron chi connectivity index (χ3n) is 4.11. The van der Waals surface area contributed by atoms with Crippen LogP contribution < -0.4 is 0 Å². The molecule has 1 aliphatic rings. The van der Waals surface area contributed by atoms with Crippen molar-refractivity contribution in [2.75, 3.05) is 19.7 Å². The van der Waals surface area contributed by atoms with Crippen molar-refractivity contribution in [1.82, 2.24) is 4.90 Å². The average molecular weight is 295 g/mol. The van der Waals surface area contributed by atoms with Crippen LogP contribution in [0.2, 0.25) is 0 Å². The monoisotopic (exact) mass is 295 g/mol. The summed E-state index contributed by atoms with van der Waals surface area (Å²) in [7, 11) is 0. The summed E-state index contributed by atoms with van der Waals surface area (Å²) in [5.41, 5.74) is 3.07. The topological polar surface area (TPSA) is 29.5 Å². The van der Waals surface area contributed by atoms with Crippen molar-refractivity contribution >= 4 is 5.91 Å². The van der Waals surface area contributed by atoms with Crippen molar-refractivity contribution in [3.8, 4) is 0 Å². The largest absolute Gasteiger partial charge is 0.374 e. The van der Waals surface area contributed by atoms with Gasteiger partial charge in [-0.05, 0) is 24.1 Å². The molecular weight excluding hydrogens is 274 g/mol. The van der Waals surface area contributed by atoms with E-state index < -0.39 is 0 Å². The summed E-state index contributed by atoms with van der Waals surface area (Å²) in [6.07, 6.45) is 0.919. The zero-order chi connectivity index (χ0) is 15.4. The first-order valence-corrected chi connectivity index (χ1v) is 7.74. The van der Waals surface area contributed by atoms with Gasteiger partial charge in [-0.3, -0.25) is 4.79 Å². The standard InChI is InChI=1S/C19H21NO2/c1-15-7-5-6-10-18(15)19(21)20-11-12-22-17(14-20)13-16-8-3-2-4-9-16/h2-10,17H,11-14H2,1H3. The minimum Gasteiger partial charge on any atom is -0.374 e. The van der Waals surface area contributed by atoms with Crippen LogP contribution in [0.1, 0.15) is 21.5 Å². The zero-order valence-corrected chi connectivity index (χ0v) is 12.9. The van der Waals surface area contributed by atoms with Crippen LogP contribution >= 0.6 is 0 Å². The molecule has 3 nitrogen and oxygen atoms in total. The van der Waals surface area contributed by atoms with Crippen LogP contribution in [0.4, 0.5) is 0 Å². The molecule has 114 valence electrons. The predicted molar refractivity (Wildman–Crippen MR) is 87.0 cm³/mol. The lowest BCUT2D eigenvalue weighted by Gasteiger charge is -2.33. The van der Waals surface area contributed by atoms with Gasteiger partial charge in [0.1, 0.15) is 0 Å². The van der Waals surface area contributed by atoms with Gasteiger partial charge in [-0.15, -0.1) is 0 Å². The molecule has 3 rings (SSSR count). The lowest BCUT2D eigenvalue weighted by atomic mass is 10.0. The number of benzene rings is 2. The van der Waals surface area contributed by atoms with Gasteiger partial charge in [0.2, 0.25) is 0 Å². The number of hydrogen-bond donors (Lipinski definition) is 0. The number of rotatable bonds is 3. The van der Waals surface area contributed by atoms with E-state index in [1.165, 1.54) is 5.56 Å². The van der Waals surface area contributed by atoms with Crippen molar-refractivity contribution in [2.45, 2.75) is 19.4 Å². The molecule has 0 radical (unpaired) electrons. The summed E-state index contributed by atoms with van der Waals surface area (Å²) in [6.45, 7) is 3.91. The highest BCUT2D eigenvalue weighted by atomic mass is 16.5. The SMILES string of the molecule is Cc1ccccc1C(=O)N1CCOC(Cc2ccccc2)C1. The Kier molecular flexibility index (Phi) is 4.54. The van der Waals surface area contributed by atoms with E-state index in [0.29, 0.717) is 19.7 Å². The van der Waals surface area contributed by atoms with Gasteiger partial charge < -0.3 is 9.64 Å². The van der Waals surface area contributed by atoms with Crippen LogP contribution in [0, 0.1) is 6.92 Å². The van der Waals surface area contributed by atoms with Gasteiger partial charge in [0.15, 0.2) is 0 Å². The van der Waals surface area contributed by atoms with Crippen LogP contribution in [-0.2, 0) is 11.2 Å². The van der Waals surface area contributed by atoms with Crippen LogP contribution in [0.15, 0.2) is 54.6 Å². The highest BCUT2D eigenvalue weighted by molar-refractivity contribution is 5.95. The maximum Gasteiger partial charge on any atom is 0.254 e. The molecule has 1 atom stereocenters. The first kappa shape index (κ1) is 14.8. The van der Waals surface area contributed by atoms with Crippen LogP contribution in [-0.4, -0.2) is 36.6 Å². The number of carbonyl (C=O) groups excluding carboxylic acids is 1. The zero-order valence-electron chi connectivity index (χ0n) is 12.9. The molecule has 3 heteroatoms. The Balaban J connectivity index is 1.68. The molecule has 1 unspecified atom stereocenters. The van der Waals surface area contributed by atoms with Crippen LogP contribution in [0.25, 0.3) is 0 Å². The lowest BCUT2D eigenvalue weighted by molar-refractivity contribution is -0.0208. The minimum atomic E-state index is 0.0733. The Labute approximate surface area is 131 Å². The van der Waals surface area contributed by atoms with E-state index >= 15 is 0 Å². The maximum atomic E-state index is 12.7. The molecule has 1 amide bonds. The second-order valence-electron chi connectivity index (χ2n) is 5.75. The summed E-state index contributed by atoms with van der Waals surface area (Å²) in [6, 6.07) is 18.1. The highest BCUT2D eigenvalue weighted by Gasteiger charge is 2.25. The van der Waals surface area contributed by atoms with E-state index in [9.17, 15) is 4.79 Å². The van der Waals surface area contributed by atoms with Crippen LogP contribution in [0.5, 0.6) is 0 Å². The van der Waals surface area contributed by atoms with Crippen molar-refractivity contribution in [3.05, 3.63) is 71.3 Å². The molecule has 2 aromatic carbocycles. The number of carbonyl (C=O) groups is 1. The third-order valence-corrected chi connectivity index (χ3v) is 4.11. The fourth-order valence-corrected chi connectivity index (χ4v) is 2.89. The molecule has 1 heterocycles. The summed E-state index contributed by atoms with van der Waals surface area (Å²) in [5.74, 6) is 0.111. The number of hydrogen-bond acceptors (Lipinski definition) is 2. The summed E-state index contributed by atoms with van der Waals surface area (Å²) < 4.78 is 5.83. The van der Waals surface area contributed by atoms with Crippen LogP contribution in [0.3, 0.4) is 0 Å². The summed E-state index contributed by atoms with van der Waals surface area (Å²) >= 11 is 0. The number of ether oxygens (including phenoxy) is 1. The highest BCUT2D eigenvalue weighted by Crippen LogP contribution is 2.16. The van der Waals surface area contributed by atoms with E-state index in [1.807, 2.05) is 54.3 Å². The molecule has 0 N–H and O–H groups in total. The van der Waals surface area contributed by atoms with Gasteiger partial charge in [-0.2, -0.15) is 0 Å². The van der Waals surface area contributed by atoms with E-state index in [0.717, 1.165) is 17.5 Å². The van der Waals surface area contributed by atoms with E-state index in [-0.39, 0.29) is 12.0 Å². The van der Waals surface area contributed by atoms with E-state index in [4.69, 9.17) is 4.74 Å². The molecule has 1 fully saturated rings. The molecule has 0 aromatic heterocycles. The van der Waals surface area contributed by atoms with Crippen molar-refractivity contribution in [2.24, 2.45) is 0 Å². The molecule has 22 heavy (non-hydrogen) atoms. The lowest BCUT2D eigenvalue weighted by Crippen LogP contribution is -2.46. The number of amides is 1. The summed E-state index contributed by atoms with van der Waals surface area (Å²) in [4.78, 5) is 14.6. The van der Waals surface area contributed by atoms with Crippen molar-refractivity contribution in [3.63, 3.8) is 0 Å². The fraction of sp³-hybridized carbons (Fsp3) is 0.316. The maximum absolute atomic E-state index is 12.7. The van der Waals surface area contributed by atoms with E-state index in [1.54, 1.807) is 0 Å². The second-order valence-corrected chi connectivity index (χ2v) is 5.75. The molecule has 1 saturated heterocycles. The van der Waals surface area contributed by atoms with Gasteiger partial charge in [-0.25, -0.2) is 0 Å². The predicted octanol–water partition coefficient (Wildman–Crippen LogP) is 3.08. The molecule has 2 aromatic rings. The first-order valence-electron chi connectivity index (χ1n) is 7.74. The Bertz CT molecular complexity index is 639. The van der Waals surface area contributed by atoms with Gasteiger partial charge in [0, 0.05) is 25.1 Å². The fourth-order valence-electron chi connectivity index (χ4n) is 2.89. The second kappa shape index (κ2) is 6.75. The Hall–Kier alpha value is -2.13. The molecule has 0 aliphatic carbocycles. The molecular formula is C19H21NO2. The number of aryl methyl sites for hydroxylation is 1. The molecule has 0 saturated carbocycles. The minimum absolute atomic E-state index is 0.0733. The van der Waals surface area contributed by atoms with Crippen molar-refractivity contribution in [1.29, 1.82) is 0 Å².